The number of halogens is 3. The summed E-state index contributed by atoms with van der Waals surface area (Å²) >= 11 is 12.9. The number of benzene rings is 1. The van der Waals surface area contributed by atoms with Gasteiger partial charge >= 0.3 is 0 Å². The van der Waals surface area contributed by atoms with Crippen molar-refractivity contribution in [2.24, 2.45) is 0 Å². The molecule has 88 valence electrons. The lowest BCUT2D eigenvalue weighted by Gasteiger charge is -2.08. The summed E-state index contributed by atoms with van der Waals surface area (Å²) in [5, 5.41) is 3.99. The second kappa shape index (κ2) is 5.85. The summed E-state index contributed by atoms with van der Waals surface area (Å²) in [6.45, 7) is 0.646. The highest BCUT2D eigenvalue weighted by molar-refractivity contribution is 9.11. The Bertz CT molecular complexity index is 532. The van der Waals surface area contributed by atoms with Gasteiger partial charge in [0.2, 0.25) is 0 Å². The Morgan fingerprint density at radius 1 is 1.24 bits per heavy atom. The summed E-state index contributed by atoms with van der Waals surface area (Å²) in [6.07, 6.45) is 1.75. The van der Waals surface area contributed by atoms with Crippen molar-refractivity contribution in [1.82, 2.24) is 4.98 Å². The first-order valence-corrected chi connectivity index (χ1v) is 6.91. The van der Waals surface area contributed by atoms with Gasteiger partial charge in [-0.15, -0.1) is 0 Å². The van der Waals surface area contributed by atoms with Gasteiger partial charge in [0.05, 0.1) is 4.47 Å². The molecule has 0 aliphatic carbocycles. The lowest BCUT2D eigenvalue weighted by Crippen LogP contribution is -2.02. The predicted octanol–water partition coefficient (Wildman–Crippen LogP) is 4.87. The highest BCUT2D eigenvalue weighted by Crippen LogP contribution is 2.24. The molecule has 1 N–H and O–H groups in total. The van der Waals surface area contributed by atoms with E-state index in [1.165, 1.54) is 0 Å². The van der Waals surface area contributed by atoms with Gasteiger partial charge in [-0.05, 0) is 49.6 Å². The average molecular weight is 376 g/mol. The van der Waals surface area contributed by atoms with Gasteiger partial charge in [0, 0.05) is 22.2 Å². The van der Waals surface area contributed by atoms with E-state index in [2.05, 4.69) is 42.2 Å². The molecule has 1 heterocycles. The van der Waals surface area contributed by atoms with Crippen LogP contribution < -0.4 is 5.32 Å². The zero-order valence-electron chi connectivity index (χ0n) is 8.75. The molecule has 2 rings (SSSR count). The number of hydrogen-bond acceptors (Lipinski definition) is 2. The van der Waals surface area contributed by atoms with Crippen LogP contribution in [0.1, 0.15) is 5.56 Å². The van der Waals surface area contributed by atoms with E-state index in [1.54, 1.807) is 6.20 Å². The molecular weight excluding hydrogens is 367 g/mol. The Labute approximate surface area is 122 Å². The third kappa shape index (κ3) is 3.44. The molecule has 1 aromatic heterocycles. The van der Waals surface area contributed by atoms with E-state index >= 15 is 0 Å². The van der Waals surface area contributed by atoms with Gasteiger partial charge in [-0.1, -0.05) is 29.8 Å². The summed E-state index contributed by atoms with van der Waals surface area (Å²) in [6, 6.07) is 9.69. The van der Waals surface area contributed by atoms with Gasteiger partial charge in [0.1, 0.15) is 5.82 Å². The first kappa shape index (κ1) is 12.9. The monoisotopic (exact) mass is 374 g/mol. The van der Waals surface area contributed by atoms with Crippen molar-refractivity contribution in [2.45, 2.75) is 6.54 Å². The average Bonchev–Trinajstić information content (AvgIpc) is 2.30. The van der Waals surface area contributed by atoms with Crippen LogP contribution >= 0.6 is 43.5 Å². The van der Waals surface area contributed by atoms with E-state index in [0.717, 1.165) is 25.3 Å². The number of aromatic nitrogens is 1. The number of rotatable bonds is 3. The van der Waals surface area contributed by atoms with Crippen LogP contribution in [0.15, 0.2) is 45.5 Å². The van der Waals surface area contributed by atoms with Crippen LogP contribution in [0.2, 0.25) is 5.02 Å². The zero-order valence-corrected chi connectivity index (χ0v) is 12.7. The Morgan fingerprint density at radius 2 is 2.00 bits per heavy atom. The number of nitrogens with zero attached hydrogens (tertiary/aromatic N) is 1. The van der Waals surface area contributed by atoms with Gasteiger partial charge in [-0.2, -0.15) is 0 Å². The highest BCUT2D eigenvalue weighted by atomic mass is 79.9. The Morgan fingerprint density at radius 3 is 2.71 bits per heavy atom. The largest absolute Gasteiger partial charge is 0.365 e. The fourth-order valence-corrected chi connectivity index (χ4v) is 2.70. The minimum absolute atomic E-state index is 0.646. The molecule has 0 aliphatic rings. The van der Waals surface area contributed by atoms with E-state index in [-0.39, 0.29) is 0 Å². The third-order valence-corrected chi connectivity index (χ3v) is 3.62. The van der Waals surface area contributed by atoms with Gasteiger partial charge < -0.3 is 5.32 Å². The molecule has 0 unspecified atom stereocenters. The molecule has 0 spiro atoms. The van der Waals surface area contributed by atoms with Crippen LogP contribution in [0, 0.1) is 0 Å². The third-order valence-electron chi connectivity index (χ3n) is 2.21. The Kier molecular flexibility index (Phi) is 4.42. The molecule has 0 amide bonds. The molecule has 0 atom stereocenters. The predicted molar refractivity (Wildman–Crippen MR) is 78.4 cm³/mol. The normalized spacial score (nSPS) is 10.3. The molecule has 0 fully saturated rings. The van der Waals surface area contributed by atoms with Crippen LogP contribution in [0.25, 0.3) is 0 Å². The highest BCUT2D eigenvalue weighted by Gasteiger charge is 2.03. The molecule has 17 heavy (non-hydrogen) atoms. The van der Waals surface area contributed by atoms with E-state index in [1.807, 2.05) is 30.3 Å². The Balaban J connectivity index is 2.10. The van der Waals surface area contributed by atoms with Crippen molar-refractivity contribution in [3.8, 4) is 0 Å². The lowest BCUT2D eigenvalue weighted by molar-refractivity contribution is 1.10. The number of pyridine rings is 1. The van der Waals surface area contributed by atoms with E-state index in [9.17, 15) is 0 Å². The van der Waals surface area contributed by atoms with E-state index in [0.29, 0.717) is 6.54 Å². The molecule has 5 heteroatoms. The topological polar surface area (TPSA) is 24.9 Å². The molecule has 0 aliphatic heterocycles. The van der Waals surface area contributed by atoms with Gasteiger partial charge in [0.15, 0.2) is 0 Å². The molecule has 2 aromatic rings. The summed E-state index contributed by atoms with van der Waals surface area (Å²) < 4.78 is 1.85. The first-order chi connectivity index (χ1) is 8.16. The van der Waals surface area contributed by atoms with Crippen LogP contribution in [0.4, 0.5) is 5.82 Å². The minimum Gasteiger partial charge on any atom is -0.365 e. The number of nitrogens with one attached hydrogen (secondary N) is 1. The maximum absolute atomic E-state index is 6.08. The Hall–Kier alpha value is -0.580. The second-order valence-electron chi connectivity index (χ2n) is 3.43. The van der Waals surface area contributed by atoms with Gasteiger partial charge in [0.25, 0.3) is 0 Å². The maximum Gasteiger partial charge on any atom is 0.140 e. The molecule has 1 aromatic carbocycles. The van der Waals surface area contributed by atoms with Crippen molar-refractivity contribution in [3.05, 3.63) is 56.1 Å². The van der Waals surface area contributed by atoms with Crippen molar-refractivity contribution in [2.75, 3.05) is 5.32 Å². The van der Waals surface area contributed by atoms with E-state index < -0.39 is 0 Å². The molecule has 2 nitrogen and oxygen atoms in total. The molecule has 0 saturated heterocycles. The standard InChI is InChI=1S/C12H9Br2ClN2/c13-9-5-10(14)12(17-7-9)16-6-8-3-1-2-4-11(8)15/h1-5,7H,6H2,(H,16,17). The lowest BCUT2D eigenvalue weighted by atomic mass is 10.2. The van der Waals surface area contributed by atoms with E-state index in [4.69, 9.17) is 11.6 Å². The number of hydrogen-bond donors (Lipinski definition) is 1. The zero-order chi connectivity index (χ0) is 12.3. The van der Waals surface area contributed by atoms with Crippen LogP contribution in [0.5, 0.6) is 0 Å². The first-order valence-electron chi connectivity index (χ1n) is 4.95. The summed E-state index contributed by atoms with van der Waals surface area (Å²) in [7, 11) is 0. The summed E-state index contributed by atoms with van der Waals surface area (Å²) in [5.41, 5.74) is 1.05. The van der Waals surface area contributed by atoms with Gasteiger partial charge in [-0.25, -0.2) is 4.98 Å². The van der Waals surface area contributed by atoms with Crippen LogP contribution in [-0.2, 0) is 6.54 Å². The summed E-state index contributed by atoms with van der Waals surface area (Å²) in [5.74, 6) is 0.799. The smallest absolute Gasteiger partial charge is 0.140 e. The molecular formula is C12H9Br2ClN2. The van der Waals surface area contributed by atoms with Crippen LogP contribution in [0.3, 0.4) is 0 Å². The maximum atomic E-state index is 6.08. The SMILES string of the molecule is Clc1ccccc1CNc1ncc(Br)cc1Br. The van der Waals surface area contributed by atoms with Crippen molar-refractivity contribution in [3.63, 3.8) is 0 Å². The fraction of sp³-hybridized carbons (Fsp3) is 0.0833. The quantitative estimate of drug-likeness (QED) is 0.826. The van der Waals surface area contributed by atoms with Gasteiger partial charge in [-0.3, -0.25) is 0 Å². The minimum atomic E-state index is 0.646. The van der Waals surface area contributed by atoms with Crippen LogP contribution in [-0.4, -0.2) is 4.98 Å². The molecule has 0 radical (unpaired) electrons. The number of anilines is 1. The fourth-order valence-electron chi connectivity index (χ4n) is 1.37. The second-order valence-corrected chi connectivity index (χ2v) is 5.61. The van der Waals surface area contributed by atoms with Crippen molar-refractivity contribution in [1.29, 1.82) is 0 Å². The molecule has 0 saturated carbocycles. The summed E-state index contributed by atoms with van der Waals surface area (Å²) in [4.78, 5) is 4.27. The molecule has 0 bridgehead atoms. The van der Waals surface area contributed by atoms with Crippen molar-refractivity contribution >= 4 is 49.3 Å². The van der Waals surface area contributed by atoms with Crippen molar-refractivity contribution < 1.29 is 0 Å².